The maximum Gasteiger partial charge on any atom is 0.410 e. The number of hydrogen-bond donors (Lipinski definition) is 2. The van der Waals surface area contributed by atoms with Crippen LogP contribution in [-0.4, -0.2) is 64.5 Å². The maximum absolute atomic E-state index is 12.0. The van der Waals surface area contributed by atoms with E-state index in [0.29, 0.717) is 0 Å². The topological polar surface area (TPSA) is 113 Å². The van der Waals surface area contributed by atoms with Crippen LogP contribution in [0.25, 0.3) is 0 Å². The number of carbonyl (C=O) groups excluding carboxylic acids is 1. The Balaban J connectivity index is 2.71. The van der Waals surface area contributed by atoms with Crippen molar-refractivity contribution in [3.05, 3.63) is 0 Å². The van der Waals surface area contributed by atoms with Crippen LogP contribution < -0.4 is 0 Å². The Morgan fingerprint density at radius 1 is 1.33 bits per heavy atom. The number of morpholine rings is 1. The molecule has 1 saturated heterocycles. The molecule has 120 valence electrons. The Morgan fingerprint density at radius 2 is 1.95 bits per heavy atom. The Hall–Kier alpha value is -1.83. The molecule has 0 saturated carbocycles. The van der Waals surface area contributed by atoms with E-state index in [1.54, 1.807) is 20.8 Å². The molecule has 0 aromatic heterocycles. The SMILES string of the molecule is CC(C)(C)OC(=O)N1CCOC(C(CC(=O)O)C(=O)O)C1. The predicted octanol–water partition coefficient (Wildman–Crippen LogP) is 0.798. The molecule has 8 nitrogen and oxygen atoms in total. The van der Waals surface area contributed by atoms with Crippen molar-refractivity contribution in [2.75, 3.05) is 19.7 Å². The van der Waals surface area contributed by atoms with Crippen molar-refractivity contribution in [3.63, 3.8) is 0 Å². The lowest BCUT2D eigenvalue weighted by molar-refractivity contribution is -0.157. The van der Waals surface area contributed by atoms with Crippen molar-refractivity contribution in [2.24, 2.45) is 5.92 Å². The Bertz CT molecular complexity index is 415. The van der Waals surface area contributed by atoms with E-state index in [-0.39, 0.29) is 19.7 Å². The second kappa shape index (κ2) is 6.75. The van der Waals surface area contributed by atoms with Gasteiger partial charge in [0.1, 0.15) is 5.60 Å². The molecule has 21 heavy (non-hydrogen) atoms. The maximum atomic E-state index is 12.0. The minimum Gasteiger partial charge on any atom is -0.481 e. The summed E-state index contributed by atoms with van der Waals surface area (Å²) in [5.41, 5.74) is -0.655. The molecule has 2 atom stereocenters. The average molecular weight is 303 g/mol. The van der Waals surface area contributed by atoms with Gasteiger partial charge in [-0.15, -0.1) is 0 Å². The van der Waals surface area contributed by atoms with E-state index in [1.807, 2.05) is 0 Å². The lowest BCUT2D eigenvalue weighted by Crippen LogP contribution is -2.51. The summed E-state index contributed by atoms with van der Waals surface area (Å²) in [7, 11) is 0. The van der Waals surface area contributed by atoms with Crippen LogP contribution in [0.3, 0.4) is 0 Å². The number of rotatable bonds is 4. The molecule has 1 amide bonds. The zero-order valence-electron chi connectivity index (χ0n) is 12.4. The van der Waals surface area contributed by atoms with Gasteiger partial charge >= 0.3 is 18.0 Å². The Morgan fingerprint density at radius 3 is 2.43 bits per heavy atom. The molecule has 1 rings (SSSR count). The van der Waals surface area contributed by atoms with E-state index < -0.39 is 42.1 Å². The number of aliphatic carboxylic acids is 2. The highest BCUT2D eigenvalue weighted by Crippen LogP contribution is 2.20. The Labute approximate surface area is 122 Å². The normalized spacial score (nSPS) is 20.7. The van der Waals surface area contributed by atoms with Crippen LogP contribution in [0.2, 0.25) is 0 Å². The van der Waals surface area contributed by atoms with E-state index in [0.717, 1.165) is 0 Å². The van der Waals surface area contributed by atoms with Crippen molar-refractivity contribution in [2.45, 2.75) is 38.9 Å². The van der Waals surface area contributed by atoms with Gasteiger partial charge in [0.15, 0.2) is 0 Å². The molecular weight excluding hydrogens is 282 g/mol. The van der Waals surface area contributed by atoms with Crippen LogP contribution >= 0.6 is 0 Å². The van der Waals surface area contributed by atoms with Crippen molar-refractivity contribution in [1.82, 2.24) is 4.90 Å². The van der Waals surface area contributed by atoms with Crippen LogP contribution in [0.15, 0.2) is 0 Å². The van der Waals surface area contributed by atoms with Crippen molar-refractivity contribution in [1.29, 1.82) is 0 Å². The van der Waals surface area contributed by atoms with E-state index in [1.165, 1.54) is 4.90 Å². The number of nitrogens with zero attached hydrogens (tertiary/aromatic N) is 1. The van der Waals surface area contributed by atoms with E-state index in [2.05, 4.69) is 0 Å². The Kier molecular flexibility index (Phi) is 5.54. The van der Waals surface area contributed by atoms with Gasteiger partial charge in [0.25, 0.3) is 0 Å². The highest BCUT2D eigenvalue weighted by molar-refractivity contribution is 5.78. The fraction of sp³-hybridized carbons (Fsp3) is 0.769. The summed E-state index contributed by atoms with van der Waals surface area (Å²) >= 11 is 0. The van der Waals surface area contributed by atoms with Gasteiger partial charge in [-0.05, 0) is 20.8 Å². The summed E-state index contributed by atoms with van der Waals surface area (Å²) in [6.45, 7) is 5.62. The minimum atomic E-state index is -1.26. The third-order valence-electron chi connectivity index (χ3n) is 2.91. The van der Waals surface area contributed by atoms with E-state index in [4.69, 9.17) is 19.7 Å². The van der Waals surface area contributed by atoms with Crippen molar-refractivity contribution >= 4 is 18.0 Å². The van der Waals surface area contributed by atoms with Gasteiger partial charge < -0.3 is 24.6 Å². The number of amides is 1. The van der Waals surface area contributed by atoms with Gasteiger partial charge in [-0.2, -0.15) is 0 Å². The number of carbonyl (C=O) groups is 3. The quantitative estimate of drug-likeness (QED) is 0.789. The third kappa shape index (κ3) is 5.58. The van der Waals surface area contributed by atoms with E-state index in [9.17, 15) is 14.4 Å². The fourth-order valence-corrected chi connectivity index (χ4v) is 1.98. The van der Waals surface area contributed by atoms with Gasteiger partial charge in [0.05, 0.1) is 31.6 Å². The highest BCUT2D eigenvalue weighted by Gasteiger charge is 2.37. The molecule has 0 bridgehead atoms. The lowest BCUT2D eigenvalue weighted by atomic mass is 9.97. The van der Waals surface area contributed by atoms with Crippen molar-refractivity contribution in [3.8, 4) is 0 Å². The molecule has 0 aliphatic carbocycles. The number of carboxylic acid groups (broad SMARTS) is 2. The van der Waals surface area contributed by atoms with Gasteiger partial charge in [0, 0.05) is 6.54 Å². The van der Waals surface area contributed by atoms with Crippen LogP contribution in [0.5, 0.6) is 0 Å². The zero-order valence-corrected chi connectivity index (χ0v) is 12.4. The van der Waals surface area contributed by atoms with Gasteiger partial charge in [-0.3, -0.25) is 9.59 Å². The molecular formula is C13H21NO7. The number of hydrogen-bond acceptors (Lipinski definition) is 5. The van der Waals surface area contributed by atoms with Gasteiger partial charge in [-0.1, -0.05) is 0 Å². The molecule has 2 N–H and O–H groups in total. The molecule has 1 heterocycles. The summed E-state index contributed by atoms with van der Waals surface area (Å²) < 4.78 is 10.5. The van der Waals surface area contributed by atoms with Crippen LogP contribution in [-0.2, 0) is 19.1 Å². The molecule has 0 radical (unpaired) electrons. The summed E-state index contributed by atoms with van der Waals surface area (Å²) in [5.74, 6) is -3.68. The fourth-order valence-electron chi connectivity index (χ4n) is 1.98. The van der Waals surface area contributed by atoms with Crippen molar-refractivity contribution < 1.29 is 34.1 Å². The molecule has 8 heteroatoms. The molecule has 2 unspecified atom stereocenters. The largest absolute Gasteiger partial charge is 0.481 e. The standard InChI is InChI=1S/C13H21NO7/c1-13(2,3)21-12(19)14-4-5-20-9(7-14)8(11(17)18)6-10(15)16/h8-9H,4-7H2,1-3H3,(H,15,16)(H,17,18). The minimum absolute atomic E-state index is 0.000833. The summed E-state index contributed by atoms with van der Waals surface area (Å²) in [4.78, 5) is 35.2. The smallest absolute Gasteiger partial charge is 0.410 e. The summed E-state index contributed by atoms with van der Waals surface area (Å²) in [5, 5.41) is 17.9. The second-order valence-corrected chi connectivity index (χ2v) is 5.88. The number of carboxylic acids is 2. The molecule has 0 aromatic rings. The lowest BCUT2D eigenvalue weighted by Gasteiger charge is -2.36. The monoisotopic (exact) mass is 303 g/mol. The summed E-state index contributed by atoms with van der Waals surface area (Å²) in [6.07, 6.45) is -1.97. The first-order valence-electron chi connectivity index (χ1n) is 6.64. The zero-order chi connectivity index (χ0) is 16.2. The first kappa shape index (κ1) is 17.2. The van der Waals surface area contributed by atoms with Crippen LogP contribution in [0, 0.1) is 5.92 Å². The van der Waals surface area contributed by atoms with Gasteiger partial charge in [-0.25, -0.2) is 4.79 Å². The molecule has 1 fully saturated rings. The predicted molar refractivity (Wildman–Crippen MR) is 70.9 cm³/mol. The highest BCUT2D eigenvalue weighted by atomic mass is 16.6. The van der Waals surface area contributed by atoms with Crippen LogP contribution in [0.4, 0.5) is 4.79 Å². The number of ether oxygens (including phenoxy) is 2. The molecule has 1 aliphatic rings. The third-order valence-corrected chi connectivity index (χ3v) is 2.91. The molecule has 0 spiro atoms. The van der Waals surface area contributed by atoms with Gasteiger partial charge in [0.2, 0.25) is 0 Å². The van der Waals surface area contributed by atoms with Crippen LogP contribution in [0.1, 0.15) is 27.2 Å². The molecule has 0 aromatic carbocycles. The first-order valence-corrected chi connectivity index (χ1v) is 6.64. The summed E-state index contributed by atoms with van der Waals surface area (Å²) in [6, 6.07) is 0. The molecule has 1 aliphatic heterocycles. The average Bonchev–Trinajstić information content (AvgIpc) is 2.33. The van der Waals surface area contributed by atoms with E-state index >= 15 is 0 Å². The first-order chi connectivity index (χ1) is 9.60. The second-order valence-electron chi connectivity index (χ2n) is 5.88.